The van der Waals surface area contributed by atoms with Crippen LogP contribution in [0, 0.1) is 0 Å². The van der Waals surface area contributed by atoms with Gasteiger partial charge in [-0.05, 0) is 59.8 Å². The molecule has 2 nitrogen and oxygen atoms in total. The van der Waals surface area contributed by atoms with Crippen molar-refractivity contribution in [3.63, 3.8) is 0 Å². The number of ether oxygens (including phenoxy) is 1. The molecule has 0 bridgehead atoms. The SMILES string of the molecule is COc1ccc(CCCC(C)O)cc1Br. The first-order valence-electron chi connectivity index (χ1n) is 5.14. The van der Waals surface area contributed by atoms with Gasteiger partial charge in [0.05, 0.1) is 17.7 Å². The minimum Gasteiger partial charge on any atom is -0.496 e. The average molecular weight is 273 g/mol. The van der Waals surface area contributed by atoms with Crippen LogP contribution in [0.2, 0.25) is 0 Å². The summed E-state index contributed by atoms with van der Waals surface area (Å²) in [5.41, 5.74) is 1.27. The van der Waals surface area contributed by atoms with Gasteiger partial charge in [-0.15, -0.1) is 0 Å². The van der Waals surface area contributed by atoms with Crippen LogP contribution in [0.1, 0.15) is 25.3 Å². The second kappa shape index (κ2) is 6.13. The third-order valence-corrected chi connectivity index (χ3v) is 2.92. The van der Waals surface area contributed by atoms with Gasteiger partial charge in [-0.3, -0.25) is 0 Å². The minimum atomic E-state index is -0.202. The van der Waals surface area contributed by atoms with Crippen molar-refractivity contribution in [3.05, 3.63) is 28.2 Å². The lowest BCUT2D eigenvalue weighted by atomic mass is 10.1. The molecule has 0 radical (unpaired) electrons. The van der Waals surface area contributed by atoms with Crippen molar-refractivity contribution in [3.8, 4) is 5.75 Å². The summed E-state index contributed by atoms with van der Waals surface area (Å²) in [4.78, 5) is 0. The number of aliphatic hydroxyl groups is 1. The van der Waals surface area contributed by atoms with Gasteiger partial charge in [-0.1, -0.05) is 6.07 Å². The lowest BCUT2D eigenvalue weighted by molar-refractivity contribution is 0.181. The summed E-state index contributed by atoms with van der Waals surface area (Å²) >= 11 is 3.45. The van der Waals surface area contributed by atoms with E-state index >= 15 is 0 Å². The number of benzene rings is 1. The van der Waals surface area contributed by atoms with Gasteiger partial charge in [0.2, 0.25) is 0 Å². The molecule has 0 aliphatic carbocycles. The summed E-state index contributed by atoms with van der Waals surface area (Å²) in [6, 6.07) is 6.09. The molecule has 0 saturated heterocycles. The highest BCUT2D eigenvalue weighted by Crippen LogP contribution is 2.26. The van der Waals surface area contributed by atoms with Crippen molar-refractivity contribution in [2.75, 3.05) is 7.11 Å². The molecule has 0 fully saturated rings. The van der Waals surface area contributed by atoms with Gasteiger partial charge in [0, 0.05) is 0 Å². The van der Waals surface area contributed by atoms with Crippen LogP contribution in [-0.4, -0.2) is 18.3 Å². The van der Waals surface area contributed by atoms with Gasteiger partial charge in [0.25, 0.3) is 0 Å². The standard InChI is InChI=1S/C12H17BrO2/c1-9(14)4-3-5-10-6-7-12(15-2)11(13)8-10/h6-9,14H,3-5H2,1-2H3. The normalized spacial score (nSPS) is 12.5. The third kappa shape index (κ3) is 4.22. The van der Waals surface area contributed by atoms with Crippen molar-refractivity contribution in [1.29, 1.82) is 0 Å². The highest BCUT2D eigenvalue weighted by molar-refractivity contribution is 9.10. The van der Waals surface area contributed by atoms with Crippen LogP contribution in [0.15, 0.2) is 22.7 Å². The smallest absolute Gasteiger partial charge is 0.133 e. The highest BCUT2D eigenvalue weighted by Gasteiger charge is 2.02. The second-order valence-electron chi connectivity index (χ2n) is 3.71. The summed E-state index contributed by atoms with van der Waals surface area (Å²) in [5, 5.41) is 9.14. The summed E-state index contributed by atoms with van der Waals surface area (Å²) < 4.78 is 6.14. The van der Waals surface area contributed by atoms with Crippen molar-refractivity contribution in [2.24, 2.45) is 0 Å². The fourth-order valence-electron chi connectivity index (χ4n) is 1.47. The maximum atomic E-state index is 9.14. The first-order chi connectivity index (χ1) is 7.13. The van der Waals surface area contributed by atoms with E-state index in [4.69, 9.17) is 9.84 Å². The summed E-state index contributed by atoms with van der Waals surface area (Å²) in [6.45, 7) is 1.82. The molecule has 1 atom stereocenters. The lowest BCUT2D eigenvalue weighted by Crippen LogP contribution is -1.99. The molecule has 3 heteroatoms. The monoisotopic (exact) mass is 272 g/mol. The molecule has 0 aliphatic heterocycles. The van der Waals surface area contributed by atoms with Crippen molar-refractivity contribution >= 4 is 15.9 Å². The first-order valence-corrected chi connectivity index (χ1v) is 5.93. The number of methoxy groups -OCH3 is 1. The molecule has 0 saturated carbocycles. The molecule has 0 aromatic heterocycles. The lowest BCUT2D eigenvalue weighted by Gasteiger charge is -2.07. The Kier molecular flexibility index (Phi) is 5.12. The molecule has 84 valence electrons. The number of rotatable bonds is 5. The molecule has 1 N–H and O–H groups in total. The van der Waals surface area contributed by atoms with Gasteiger partial charge < -0.3 is 9.84 Å². The summed E-state index contributed by atoms with van der Waals surface area (Å²) in [5.74, 6) is 0.856. The fourth-order valence-corrected chi connectivity index (χ4v) is 2.06. The molecule has 0 aliphatic rings. The number of aliphatic hydroxyl groups excluding tert-OH is 1. The van der Waals surface area contributed by atoms with Crippen LogP contribution >= 0.6 is 15.9 Å². The van der Waals surface area contributed by atoms with Crippen LogP contribution in [0.3, 0.4) is 0 Å². The molecule has 0 amide bonds. The Morgan fingerprint density at radius 2 is 2.20 bits per heavy atom. The second-order valence-corrected chi connectivity index (χ2v) is 4.56. The van der Waals surface area contributed by atoms with Gasteiger partial charge in [-0.2, -0.15) is 0 Å². The Bertz CT molecular complexity index is 310. The zero-order valence-corrected chi connectivity index (χ0v) is 10.8. The van der Waals surface area contributed by atoms with E-state index < -0.39 is 0 Å². The molecular weight excluding hydrogens is 256 g/mol. The van der Waals surface area contributed by atoms with Gasteiger partial charge in [0.15, 0.2) is 0 Å². The molecule has 1 unspecified atom stereocenters. The maximum absolute atomic E-state index is 9.14. The molecular formula is C12H17BrO2. The summed E-state index contributed by atoms with van der Waals surface area (Å²) in [7, 11) is 1.66. The summed E-state index contributed by atoms with van der Waals surface area (Å²) in [6.07, 6.45) is 2.65. The van der Waals surface area contributed by atoms with E-state index in [0.717, 1.165) is 29.5 Å². The minimum absolute atomic E-state index is 0.202. The van der Waals surface area contributed by atoms with E-state index in [1.807, 2.05) is 13.0 Å². The van der Waals surface area contributed by atoms with Crippen LogP contribution in [-0.2, 0) is 6.42 Å². The Balaban J connectivity index is 2.52. The predicted octanol–water partition coefficient (Wildman–Crippen LogP) is 3.16. The number of hydrogen-bond acceptors (Lipinski definition) is 2. The van der Waals surface area contributed by atoms with Gasteiger partial charge in [-0.25, -0.2) is 0 Å². The zero-order valence-electron chi connectivity index (χ0n) is 9.16. The van der Waals surface area contributed by atoms with Crippen LogP contribution in [0.5, 0.6) is 5.75 Å². The Morgan fingerprint density at radius 1 is 1.47 bits per heavy atom. The Morgan fingerprint density at radius 3 is 2.73 bits per heavy atom. The van der Waals surface area contributed by atoms with Crippen molar-refractivity contribution < 1.29 is 9.84 Å². The Labute approximate surface area is 99.4 Å². The van der Waals surface area contributed by atoms with E-state index in [9.17, 15) is 0 Å². The van der Waals surface area contributed by atoms with Gasteiger partial charge in [0.1, 0.15) is 5.75 Å². The van der Waals surface area contributed by atoms with E-state index in [1.165, 1.54) is 5.56 Å². The first kappa shape index (κ1) is 12.5. The highest BCUT2D eigenvalue weighted by atomic mass is 79.9. The number of halogens is 1. The van der Waals surface area contributed by atoms with E-state index in [1.54, 1.807) is 7.11 Å². The van der Waals surface area contributed by atoms with Crippen LogP contribution in [0.4, 0.5) is 0 Å². The number of aryl methyl sites for hydroxylation is 1. The molecule has 0 spiro atoms. The largest absolute Gasteiger partial charge is 0.496 e. The maximum Gasteiger partial charge on any atom is 0.133 e. The number of hydrogen-bond donors (Lipinski definition) is 1. The zero-order chi connectivity index (χ0) is 11.3. The average Bonchev–Trinajstić information content (AvgIpc) is 2.17. The fraction of sp³-hybridized carbons (Fsp3) is 0.500. The van der Waals surface area contributed by atoms with Crippen LogP contribution < -0.4 is 4.74 Å². The van der Waals surface area contributed by atoms with Gasteiger partial charge >= 0.3 is 0 Å². The molecule has 15 heavy (non-hydrogen) atoms. The predicted molar refractivity (Wildman–Crippen MR) is 65.3 cm³/mol. The molecule has 1 rings (SSSR count). The topological polar surface area (TPSA) is 29.5 Å². The Hall–Kier alpha value is -0.540. The van der Waals surface area contributed by atoms with E-state index in [0.29, 0.717) is 0 Å². The van der Waals surface area contributed by atoms with Crippen molar-refractivity contribution in [2.45, 2.75) is 32.3 Å². The van der Waals surface area contributed by atoms with E-state index in [2.05, 4.69) is 28.1 Å². The quantitative estimate of drug-likeness (QED) is 0.893. The van der Waals surface area contributed by atoms with E-state index in [-0.39, 0.29) is 6.10 Å². The molecule has 0 heterocycles. The van der Waals surface area contributed by atoms with Crippen molar-refractivity contribution in [1.82, 2.24) is 0 Å². The molecule has 1 aromatic rings. The molecule has 1 aromatic carbocycles. The van der Waals surface area contributed by atoms with Crippen LogP contribution in [0.25, 0.3) is 0 Å². The third-order valence-electron chi connectivity index (χ3n) is 2.30.